The van der Waals surface area contributed by atoms with Crippen molar-refractivity contribution in [3.63, 3.8) is 0 Å². The Morgan fingerprint density at radius 3 is 2.22 bits per heavy atom. The molecule has 1 fully saturated rings. The number of hydrogen-bond donors (Lipinski definition) is 1. The van der Waals surface area contributed by atoms with Crippen LogP contribution in [0, 0.1) is 5.92 Å². The molecule has 0 bridgehead atoms. The highest BCUT2D eigenvalue weighted by molar-refractivity contribution is 7.91. The van der Waals surface area contributed by atoms with Crippen LogP contribution < -0.4 is 10.5 Å². The summed E-state index contributed by atoms with van der Waals surface area (Å²) in [6, 6.07) is 7.34. The first-order valence-electron chi connectivity index (χ1n) is 5.48. The second kappa shape index (κ2) is 4.51. The summed E-state index contributed by atoms with van der Waals surface area (Å²) in [6.45, 7) is 0. The second-order valence-electron chi connectivity index (χ2n) is 4.52. The van der Waals surface area contributed by atoms with Crippen LogP contribution >= 0.6 is 12.2 Å². The number of rotatable bonds is 4. The molecule has 4 nitrogen and oxygen atoms in total. The van der Waals surface area contributed by atoms with E-state index in [2.05, 4.69) is 0 Å². The van der Waals surface area contributed by atoms with Gasteiger partial charge in [-0.1, -0.05) is 24.4 Å². The fraction of sp³-hybridized carbons (Fsp3) is 0.417. The number of ether oxygens (including phenoxy) is 1. The molecule has 1 aliphatic carbocycles. The lowest BCUT2D eigenvalue weighted by Crippen LogP contribution is -2.16. The van der Waals surface area contributed by atoms with E-state index in [4.69, 9.17) is 22.7 Å². The maximum absolute atomic E-state index is 11.7. The van der Waals surface area contributed by atoms with Crippen molar-refractivity contribution in [2.24, 2.45) is 11.7 Å². The Bertz CT molecular complexity index is 565. The summed E-state index contributed by atoms with van der Waals surface area (Å²) in [5.41, 5.74) is 6.55. The van der Waals surface area contributed by atoms with Gasteiger partial charge in [0.15, 0.2) is 9.84 Å². The van der Waals surface area contributed by atoms with Gasteiger partial charge in [-0.15, -0.1) is 0 Å². The standard InChI is InChI=1S/C12H15NO3S2/c1-16-8-5-3-7(4-6-8)9-10(12(13)17)11(9)18(2,14)15/h3-6,9-11H,1-2H3,(H2,13,17)/t9-,10+,11+/m1/s1. The molecule has 0 radical (unpaired) electrons. The molecular weight excluding hydrogens is 270 g/mol. The van der Waals surface area contributed by atoms with Crippen molar-refractivity contribution in [2.45, 2.75) is 11.2 Å². The number of hydrogen-bond acceptors (Lipinski definition) is 4. The zero-order valence-electron chi connectivity index (χ0n) is 10.2. The van der Waals surface area contributed by atoms with E-state index in [0.29, 0.717) is 0 Å². The van der Waals surface area contributed by atoms with Crippen molar-refractivity contribution in [3.05, 3.63) is 29.8 Å². The number of sulfone groups is 1. The molecule has 2 N–H and O–H groups in total. The molecular formula is C12H15NO3S2. The van der Waals surface area contributed by atoms with E-state index in [9.17, 15) is 8.42 Å². The third kappa shape index (κ3) is 2.35. The highest BCUT2D eigenvalue weighted by Crippen LogP contribution is 2.52. The predicted molar refractivity (Wildman–Crippen MR) is 74.6 cm³/mol. The van der Waals surface area contributed by atoms with Crippen molar-refractivity contribution in [1.29, 1.82) is 0 Å². The minimum absolute atomic E-state index is 0.122. The minimum atomic E-state index is -3.14. The highest BCUT2D eigenvalue weighted by atomic mass is 32.2. The molecule has 18 heavy (non-hydrogen) atoms. The molecule has 0 aliphatic heterocycles. The molecule has 1 aliphatic rings. The lowest BCUT2D eigenvalue weighted by Gasteiger charge is -2.02. The van der Waals surface area contributed by atoms with E-state index in [-0.39, 0.29) is 16.8 Å². The lowest BCUT2D eigenvalue weighted by atomic mass is 10.1. The second-order valence-corrected chi connectivity index (χ2v) is 7.20. The molecule has 1 saturated carbocycles. The number of benzene rings is 1. The number of methoxy groups -OCH3 is 1. The van der Waals surface area contributed by atoms with Crippen molar-refractivity contribution in [1.82, 2.24) is 0 Å². The van der Waals surface area contributed by atoms with Gasteiger partial charge in [0.25, 0.3) is 0 Å². The summed E-state index contributed by atoms with van der Waals surface area (Å²) < 4.78 is 28.4. The Kier molecular flexibility index (Phi) is 3.33. The van der Waals surface area contributed by atoms with Crippen LogP contribution in [-0.4, -0.2) is 32.0 Å². The first-order chi connectivity index (χ1) is 8.36. The van der Waals surface area contributed by atoms with Crippen LogP contribution in [-0.2, 0) is 9.84 Å². The maximum Gasteiger partial charge on any atom is 0.151 e. The summed E-state index contributed by atoms with van der Waals surface area (Å²) in [6.07, 6.45) is 1.23. The topological polar surface area (TPSA) is 69.4 Å². The Balaban J connectivity index is 2.30. The van der Waals surface area contributed by atoms with Crippen LogP contribution in [0.4, 0.5) is 0 Å². The monoisotopic (exact) mass is 285 g/mol. The third-order valence-corrected chi connectivity index (χ3v) is 5.12. The SMILES string of the molecule is COc1ccc([C@@H]2[C@H](C(N)=S)[C@H]2S(C)(=O)=O)cc1. The van der Waals surface area contributed by atoms with Gasteiger partial charge in [-0.2, -0.15) is 0 Å². The summed E-state index contributed by atoms with van der Waals surface area (Å²) in [5.74, 6) is 0.369. The van der Waals surface area contributed by atoms with Crippen LogP contribution in [0.2, 0.25) is 0 Å². The van der Waals surface area contributed by atoms with E-state index in [1.165, 1.54) is 6.26 Å². The van der Waals surface area contributed by atoms with Gasteiger partial charge in [0, 0.05) is 18.1 Å². The zero-order valence-corrected chi connectivity index (χ0v) is 11.8. The Morgan fingerprint density at radius 1 is 1.33 bits per heavy atom. The van der Waals surface area contributed by atoms with Crippen LogP contribution in [0.5, 0.6) is 5.75 Å². The molecule has 0 aromatic heterocycles. The third-order valence-electron chi connectivity index (χ3n) is 3.28. The molecule has 0 heterocycles. The smallest absolute Gasteiger partial charge is 0.151 e. The minimum Gasteiger partial charge on any atom is -0.497 e. The van der Waals surface area contributed by atoms with Gasteiger partial charge < -0.3 is 10.5 Å². The van der Waals surface area contributed by atoms with Gasteiger partial charge in [-0.25, -0.2) is 8.42 Å². The van der Waals surface area contributed by atoms with Gasteiger partial charge in [0.2, 0.25) is 0 Å². The van der Waals surface area contributed by atoms with E-state index in [1.807, 2.05) is 24.3 Å². The fourth-order valence-electron chi connectivity index (χ4n) is 2.38. The first kappa shape index (κ1) is 13.3. The highest BCUT2D eigenvalue weighted by Gasteiger charge is 2.58. The largest absolute Gasteiger partial charge is 0.497 e. The Labute approximate surface area is 112 Å². The van der Waals surface area contributed by atoms with E-state index < -0.39 is 15.1 Å². The normalized spacial score (nSPS) is 26.7. The molecule has 0 amide bonds. The van der Waals surface area contributed by atoms with Crippen molar-refractivity contribution >= 4 is 27.0 Å². The van der Waals surface area contributed by atoms with Gasteiger partial charge >= 0.3 is 0 Å². The van der Waals surface area contributed by atoms with Crippen molar-refractivity contribution < 1.29 is 13.2 Å². The molecule has 2 rings (SSSR count). The van der Waals surface area contributed by atoms with E-state index in [0.717, 1.165) is 11.3 Å². The average molecular weight is 285 g/mol. The molecule has 0 saturated heterocycles. The van der Waals surface area contributed by atoms with Crippen LogP contribution in [0.3, 0.4) is 0 Å². The van der Waals surface area contributed by atoms with Crippen LogP contribution in [0.25, 0.3) is 0 Å². The van der Waals surface area contributed by atoms with Crippen LogP contribution in [0.1, 0.15) is 11.5 Å². The van der Waals surface area contributed by atoms with Gasteiger partial charge in [-0.3, -0.25) is 0 Å². The number of nitrogens with two attached hydrogens (primary N) is 1. The predicted octanol–water partition coefficient (Wildman–Crippen LogP) is 1.11. The zero-order chi connectivity index (χ0) is 13.5. The quantitative estimate of drug-likeness (QED) is 0.839. The molecule has 1 aromatic carbocycles. The average Bonchev–Trinajstić information content (AvgIpc) is 3.04. The molecule has 98 valence electrons. The summed E-state index contributed by atoms with van der Waals surface area (Å²) in [4.78, 5) is 0.270. The number of thiocarbonyl (C=S) groups is 1. The fourth-order valence-corrected chi connectivity index (χ4v) is 4.37. The molecule has 3 atom stereocenters. The molecule has 0 unspecified atom stereocenters. The Hall–Kier alpha value is -1.14. The van der Waals surface area contributed by atoms with E-state index in [1.54, 1.807) is 7.11 Å². The van der Waals surface area contributed by atoms with Crippen molar-refractivity contribution in [3.8, 4) is 5.75 Å². The van der Waals surface area contributed by atoms with Gasteiger partial charge in [0.1, 0.15) is 5.75 Å². The summed E-state index contributed by atoms with van der Waals surface area (Å²) in [5, 5.41) is -0.483. The van der Waals surface area contributed by atoms with Crippen molar-refractivity contribution in [2.75, 3.05) is 13.4 Å². The molecule has 1 aromatic rings. The first-order valence-corrected chi connectivity index (χ1v) is 7.84. The Morgan fingerprint density at radius 2 is 1.89 bits per heavy atom. The lowest BCUT2D eigenvalue weighted by molar-refractivity contribution is 0.414. The maximum atomic E-state index is 11.7. The van der Waals surface area contributed by atoms with Gasteiger partial charge in [0.05, 0.1) is 17.3 Å². The summed E-state index contributed by atoms with van der Waals surface area (Å²) in [7, 11) is -1.55. The molecule has 0 spiro atoms. The summed E-state index contributed by atoms with van der Waals surface area (Å²) >= 11 is 4.94. The molecule has 6 heteroatoms. The van der Waals surface area contributed by atoms with E-state index >= 15 is 0 Å². The van der Waals surface area contributed by atoms with Crippen LogP contribution in [0.15, 0.2) is 24.3 Å². The van der Waals surface area contributed by atoms with Gasteiger partial charge in [-0.05, 0) is 17.7 Å².